The Labute approximate surface area is 149 Å². The Hall–Kier alpha value is -2.54. The molecule has 8 heteroatoms. The van der Waals surface area contributed by atoms with Crippen LogP contribution >= 0.6 is 0 Å². The molecule has 0 aliphatic heterocycles. The summed E-state index contributed by atoms with van der Waals surface area (Å²) in [6.07, 6.45) is 1.04. The molecule has 0 fully saturated rings. The molecular weight excluding hydrogens is 368 g/mol. The van der Waals surface area contributed by atoms with Crippen molar-refractivity contribution in [3.05, 3.63) is 47.5 Å². The quantitative estimate of drug-likeness (QED) is 0.421. The van der Waals surface area contributed by atoms with E-state index in [1.807, 2.05) is 0 Å². The molecular formula is C16H17CuO7+. The van der Waals surface area contributed by atoms with E-state index in [1.165, 1.54) is 38.5 Å². The van der Waals surface area contributed by atoms with Crippen LogP contribution in [0.5, 0.6) is 23.0 Å². The van der Waals surface area contributed by atoms with Crippen molar-refractivity contribution in [1.29, 1.82) is 0 Å². The molecule has 7 nitrogen and oxygen atoms in total. The van der Waals surface area contributed by atoms with E-state index in [2.05, 4.69) is 0 Å². The topological polar surface area (TPSA) is 132 Å². The summed E-state index contributed by atoms with van der Waals surface area (Å²) in [4.78, 5) is 20.5. The molecule has 0 amide bonds. The van der Waals surface area contributed by atoms with E-state index in [0.717, 1.165) is 0 Å². The molecule has 0 atom stereocenters. The van der Waals surface area contributed by atoms with Crippen LogP contribution in [-0.4, -0.2) is 26.8 Å². The summed E-state index contributed by atoms with van der Waals surface area (Å²) in [6.45, 7) is 0. The molecule has 0 bridgehead atoms. The SMILES string of the molecule is COc1cccc(C=O)c1[O-].COc1cccc(C=O)c1[O-].[Cu+2].[OH3+]. The average Bonchev–Trinajstić information content (AvgIpc) is 2.56. The summed E-state index contributed by atoms with van der Waals surface area (Å²) < 4.78 is 9.43. The fourth-order valence-corrected chi connectivity index (χ4v) is 1.57. The first-order chi connectivity index (χ1) is 10.6. The van der Waals surface area contributed by atoms with E-state index in [4.69, 9.17) is 9.47 Å². The third-order valence-corrected chi connectivity index (χ3v) is 2.71. The van der Waals surface area contributed by atoms with Crippen LogP contribution in [-0.2, 0) is 22.5 Å². The average molecular weight is 385 g/mol. The largest absolute Gasteiger partial charge is 2.00 e. The monoisotopic (exact) mass is 384 g/mol. The fraction of sp³-hybridized carbons (Fsp3) is 0.125. The summed E-state index contributed by atoms with van der Waals surface area (Å²) in [6, 6.07) is 9.16. The van der Waals surface area contributed by atoms with Crippen molar-refractivity contribution in [2.24, 2.45) is 0 Å². The van der Waals surface area contributed by atoms with E-state index in [1.54, 1.807) is 12.1 Å². The van der Waals surface area contributed by atoms with Crippen molar-refractivity contribution in [2.45, 2.75) is 0 Å². The second-order valence-electron chi connectivity index (χ2n) is 3.99. The Kier molecular flexibility index (Phi) is 11.8. The molecule has 0 saturated heterocycles. The first-order valence-corrected chi connectivity index (χ1v) is 6.17. The standard InChI is InChI=1S/2C8H8O3.Cu.H2O/c2*1-11-7-4-2-3-6(5-9)8(7)10;;/h2*2-5,10H,1H3;;1H2/q;;+2;/p-1. The predicted molar refractivity (Wildman–Crippen MR) is 80.5 cm³/mol. The molecule has 24 heavy (non-hydrogen) atoms. The van der Waals surface area contributed by atoms with Crippen LogP contribution in [0.15, 0.2) is 36.4 Å². The number of hydrogen-bond donors (Lipinski definition) is 0. The summed E-state index contributed by atoms with van der Waals surface area (Å²) in [7, 11) is 2.79. The summed E-state index contributed by atoms with van der Waals surface area (Å²) in [5.41, 5.74) is 0.258. The number of carbonyl (C=O) groups excluding carboxylic acids is 2. The second kappa shape index (κ2) is 12.0. The van der Waals surface area contributed by atoms with E-state index < -0.39 is 0 Å². The maximum Gasteiger partial charge on any atom is 2.00 e. The molecule has 2 aromatic carbocycles. The van der Waals surface area contributed by atoms with Crippen molar-refractivity contribution in [3.8, 4) is 23.0 Å². The van der Waals surface area contributed by atoms with E-state index in [0.29, 0.717) is 12.6 Å². The number of methoxy groups -OCH3 is 2. The number of rotatable bonds is 4. The summed E-state index contributed by atoms with van der Waals surface area (Å²) in [5, 5.41) is 22.1. The number of carbonyl (C=O) groups is 2. The van der Waals surface area contributed by atoms with Gasteiger partial charge in [-0.05, 0) is 12.1 Å². The Morgan fingerprint density at radius 1 is 0.792 bits per heavy atom. The van der Waals surface area contributed by atoms with Gasteiger partial charge >= 0.3 is 17.1 Å². The van der Waals surface area contributed by atoms with Gasteiger partial charge in [0.15, 0.2) is 0 Å². The van der Waals surface area contributed by atoms with E-state index in [9.17, 15) is 19.8 Å². The molecule has 3 N–H and O–H groups in total. The van der Waals surface area contributed by atoms with E-state index in [-0.39, 0.29) is 56.7 Å². The van der Waals surface area contributed by atoms with Gasteiger partial charge in [-0.15, -0.1) is 0 Å². The van der Waals surface area contributed by atoms with Gasteiger partial charge in [0.05, 0.1) is 14.2 Å². The number of aldehydes is 2. The van der Waals surface area contributed by atoms with Gasteiger partial charge in [0.2, 0.25) is 0 Å². The molecule has 1 radical (unpaired) electrons. The van der Waals surface area contributed by atoms with Crippen LogP contribution in [0.25, 0.3) is 0 Å². The van der Waals surface area contributed by atoms with Crippen molar-refractivity contribution in [3.63, 3.8) is 0 Å². The van der Waals surface area contributed by atoms with Crippen molar-refractivity contribution < 1.29 is 51.8 Å². The molecule has 2 rings (SSSR count). The number of para-hydroxylation sites is 2. The van der Waals surface area contributed by atoms with Crippen molar-refractivity contribution in [2.75, 3.05) is 14.2 Å². The number of ether oxygens (including phenoxy) is 2. The van der Waals surface area contributed by atoms with Gasteiger partial charge in [0.25, 0.3) is 0 Å². The van der Waals surface area contributed by atoms with Gasteiger partial charge < -0.3 is 25.2 Å². The van der Waals surface area contributed by atoms with Crippen LogP contribution in [0.1, 0.15) is 20.7 Å². The minimum absolute atomic E-state index is 0. The molecule has 0 aliphatic rings. The maximum absolute atomic E-state index is 11.1. The Balaban J connectivity index is 0. The zero-order valence-electron chi connectivity index (χ0n) is 12.9. The van der Waals surface area contributed by atoms with Gasteiger partial charge in [-0.1, -0.05) is 35.8 Å². The van der Waals surface area contributed by atoms with Crippen LogP contribution in [0.2, 0.25) is 0 Å². The van der Waals surface area contributed by atoms with Crippen molar-refractivity contribution >= 4 is 12.6 Å². The molecule has 0 aromatic heterocycles. The first-order valence-electron chi connectivity index (χ1n) is 6.17. The molecule has 0 aliphatic carbocycles. The van der Waals surface area contributed by atoms with Crippen LogP contribution in [0.3, 0.4) is 0 Å². The predicted octanol–water partition coefficient (Wildman–Crippen LogP) is 0.238. The van der Waals surface area contributed by atoms with Crippen LogP contribution in [0.4, 0.5) is 0 Å². The second-order valence-corrected chi connectivity index (χ2v) is 3.99. The minimum Gasteiger partial charge on any atom is -0.869 e. The fourth-order valence-electron chi connectivity index (χ4n) is 1.57. The third-order valence-electron chi connectivity index (χ3n) is 2.71. The Bertz CT molecular complexity index is 601. The third kappa shape index (κ3) is 5.92. The smallest absolute Gasteiger partial charge is 0.869 e. The Morgan fingerprint density at radius 2 is 1.12 bits per heavy atom. The van der Waals surface area contributed by atoms with Gasteiger partial charge in [-0.2, -0.15) is 0 Å². The van der Waals surface area contributed by atoms with Gasteiger partial charge in [-0.25, -0.2) is 0 Å². The van der Waals surface area contributed by atoms with Crippen molar-refractivity contribution in [1.82, 2.24) is 0 Å². The number of benzene rings is 2. The molecule has 2 aromatic rings. The van der Waals surface area contributed by atoms with E-state index >= 15 is 0 Å². The maximum atomic E-state index is 11.1. The van der Waals surface area contributed by atoms with Gasteiger partial charge in [-0.3, -0.25) is 9.59 Å². The summed E-state index contributed by atoms with van der Waals surface area (Å²) in [5.74, 6) is -0.306. The molecule has 0 saturated carbocycles. The molecule has 0 heterocycles. The number of hydrogen-bond acceptors (Lipinski definition) is 6. The first kappa shape index (κ1) is 23.7. The zero-order valence-corrected chi connectivity index (χ0v) is 13.9. The molecule has 0 spiro atoms. The minimum atomic E-state index is -0.356. The van der Waals surface area contributed by atoms with Gasteiger partial charge in [0.1, 0.15) is 24.1 Å². The zero-order chi connectivity index (χ0) is 16.5. The molecule has 133 valence electrons. The normalized spacial score (nSPS) is 8.42. The molecule has 0 unspecified atom stereocenters. The summed E-state index contributed by atoms with van der Waals surface area (Å²) >= 11 is 0. The van der Waals surface area contributed by atoms with Crippen LogP contribution < -0.4 is 19.7 Å². The van der Waals surface area contributed by atoms with Crippen LogP contribution in [0, 0.1) is 0 Å². The Morgan fingerprint density at radius 3 is 1.38 bits per heavy atom. The van der Waals surface area contributed by atoms with Gasteiger partial charge in [0, 0.05) is 11.1 Å².